The first kappa shape index (κ1) is 17.7. The van der Waals surface area contributed by atoms with E-state index in [2.05, 4.69) is 28.0 Å². The number of halogens is 2. The van der Waals surface area contributed by atoms with Crippen molar-refractivity contribution in [2.75, 3.05) is 13.7 Å². The maximum Gasteiger partial charge on any atom is 0.150 e. The Morgan fingerprint density at radius 3 is 2.86 bits per heavy atom. The summed E-state index contributed by atoms with van der Waals surface area (Å²) < 4.78 is 8.45. The van der Waals surface area contributed by atoms with Gasteiger partial charge in [-0.1, -0.05) is 24.9 Å². The lowest BCUT2D eigenvalue weighted by Crippen LogP contribution is -2.12. The van der Waals surface area contributed by atoms with Gasteiger partial charge in [-0.15, -0.1) is 0 Å². The summed E-state index contributed by atoms with van der Waals surface area (Å²) in [6.07, 6.45) is 6.32. The van der Waals surface area contributed by atoms with Crippen LogP contribution in [0.15, 0.2) is 16.7 Å². The Labute approximate surface area is 144 Å². The van der Waals surface area contributed by atoms with Gasteiger partial charge in [0.05, 0.1) is 11.7 Å². The number of methoxy groups -OCH3 is 1. The second kappa shape index (κ2) is 8.29. The van der Waals surface area contributed by atoms with Crippen LogP contribution in [0.4, 0.5) is 0 Å². The van der Waals surface area contributed by atoms with Crippen LogP contribution in [0.1, 0.15) is 44.4 Å². The smallest absolute Gasteiger partial charge is 0.150 e. The molecule has 1 aromatic carbocycles. The first-order valence-corrected chi connectivity index (χ1v) is 8.78. The number of rotatable bonds is 8. The van der Waals surface area contributed by atoms with Gasteiger partial charge < -0.3 is 9.84 Å². The average Bonchev–Trinajstić information content (AvgIpc) is 2.92. The number of benzene rings is 1. The molecule has 1 atom stereocenters. The second-order valence-electron chi connectivity index (χ2n) is 5.33. The van der Waals surface area contributed by atoms with Gasteiger partial charge in [-0.2, -0.15) is 5.10 Å². The molecule has 0 spiro atoms. The number of unbranched alkanes of at least 4 members (excludes halogenated alkanes) is 1. The quantitative estimate of drug-likeness (QED) is 0.711. The molecule has 0 fully saturated rings. The number of nitrogens with zero attached hydrogens (tertiary/aromatic N) is 2. The zero-order valence-corrected chi connectivity index (χ0v) is 15.3. The fraction of sp³-hybridized carbons (Fsp3) is 0.562. The number of fused-ring (bicyclic) bond motifs is 1. The number of ether oxygens (including phenoxy) is 1. The first-order chi connectivity index (χ1) is 10.6. The summed E-state index contributed by atoms with van der Waals surface area (Å²) in [6.45, 7) is 2.32. The summed E-state index contributed by atoms with van der Waals surface area (Å²) in [5, 5.41) is 15.2. The average molecular weight is 390 g/mol. The molecule has 0 amide bonds. The maximum atomic E-state index is 9.02. The molecule has 0 saturated heterocycles. The number of hydrogen-bond acceptors (Lipinski definition) is 3. The van der Waals surface area contributed by atoms with Crippen LogP contribution in [-0.2, 0) is 11.2 Å². The van der Waals surface area contributed by atoms with Crippen molar-refractivity contribution in [3.63, 3.8) is 0 Å². The van der Waals surface area contributed by atoms with E-state index in [0.717, 1.165) is 46.6 Å². The Balaban J connectivity index is 2.43. The maximum absolute atomic E-state index is 9.02. The number of aromatic nitrogens is 2. The predicted octanol–water partition coefficient (Wildman–Crippen LogP) is 4.71. The molecule has 0 saturated carbocycles. The van der Waals surface area contributed by atoms with Crippen LogP contribution in [0, 0.1) is 0 Å². The topological polar surface area (TPSA) is 47.3 Å². The molecular weight excluding hydrogens is 368 g/mol. The van der Waals surface area contributed by atoms with Crippen LogP contribution in [0.2, 0.25) is 5.02 Å². The van der Waals surface area contributed by atoms with E-state index < -0.39 is 0 Å². The molecule has 0 bridgehead atoms. The largest absolute Gasteiger partial charge is 0.396 e. The number of aliphatic hydroxyl groups is 1. The monoisotopic (exact) mass is 388 g/mol. The molecule has 6 heteroatoms. The van der Waals surface area contributed by atoms with Crippen molar-refractivity contribution in [2.45, 2.75) is 45.3 Å². The van der Waals surface area contributed by atoms with Gasteiger partial charge in [-0.05, 0) is 53.2 Å². The highest BCUT2D eigenvalue weighted by molar-refractivity contribution is 9.10. The van der Waals surface area contributed by atoms with Crippen LogP contribution < -0.4 is 0 Å². The molecule has 1 unspecified atom stereocenters. The van der Waals surface area contributed by atoms with E-state index >= 15 is 0 Å². The molecule has 1 aromatic heterocycles. The molecule has 0 aliphatic rings. The molecule has 2 aromatic rings. The molecular formula is C16H22BrClN2O2. The summed E-state index contributed by atoms with van der Waals surface area (Å²) in [4.78, 5) is 0. The normalized spacial score (nSPS) is 13.0. The van der Waals surface area contributed by atoms with Crippen LogP contribution in [0.25, 0.3) is 10.9 Å². The zero-order chi connectivity index (χ0) is 16.1. The lowest BCUT2D eigenvalue weighted by Gasteiger charge is -2.17. The van der Waals surface area contributed by atoms with Gasteiger partial charge in [0.25, 0.3) is 0 Å². The third-order valence-electron chi connectivity index (χ3n) is 3.82. The van der Waals surface area contributed by atoms with Crippen LogP contribution >= 0.6 is 27.5 Å². The van der Waals surface area contributed by atoms with Crippen molar-refractivity contribution in [1.29, 1.82) is 0 Å². The van der Waals surface area contributed by atoms with Crippen molar-refractivity contribution in [3.8, 4) is 0 Å². The van der Waals surface area contributed by atoms with Gasteiger partial charge in [0.2, 0.25) is 0 Å². The number of hydrogen-bond donors (Lipinski definition) is 1. The number of aliphatic hydroxyl groups excluding tert-OH is 1. The Kier molecular flexibility index (Phi) is 6.68. The van der Waals surface area contributed by atoms with E-state index in [1.807, 2.05) is 16.9 Å². The minimum Gasteiger partial charge on any atom is -0.396 e. The second-order valence-corrected chi connectivity index (χ2v) is 6.53. The highest BCUT2D eigenvalue weighted by Crippen LogP contribution is 2.35. The fourth-order valence-electron chi connectivity index (χ4n) is 2.59. The molecule has 4 nitrogen and oxygen atoms in total. The highest BCUT2D eigenvalue weighted by Gasteiger charge is 2.18. The van der Waals surface area contributed by atoms with Gasteiger partial charge in [0, 0.05) is 28.6 Å². The first-order valence-electron chi connectivity index (χ1n) is 7.61. The molecule has 1 heterocycles. The van der Waals surface area contributed by atoms with E-state index in [1.54, 1.807) is 7.11 Å². The minimum absolute atomic E-state index is 0.0799. The molecule has 0 radical (unpaired) electrons. The van der Waals surface area contributed by atoms with Crippen LogP contribution in [-0.4, -0.2) is 28.6 Å². The summed E-state index contributed by atoms with van der Waals surface area (Å²) in [5.74, 6) is 0. The van der Waals surface area contributed by atoms with Crippen molar-refractivity contribution in [3.05, 3.63) is 27.3 Å². The third-order valence-corrected chi connectivity index (χ3v) is 5.06. The fourth-order valence-corrected chi connectivity index (χ4v) is 3.72. The van der Waals surface area contributed by atoms with Gasteiger partial charge in [0.15, 0.2) is 0 Å². The third kappa shape index (κ3) is 3.65. The molecule has 2 rings (SSSR count). The summed E-state index contributed by atoms with van der Waals surface area (Å²) in [6, 6.07) is 1.94. The van der Waals surface area contributed by atoms with Crippen molar-refractivity contribution >= 4 is 38.4 Å². The van der Waals surface area contributed by atoms with E-state index in [1.165, 1.54) is 0 Å². The van der Waals surface area contributed by atoms with E-state index in [0.29, 0.717) is 11.4 Å². The summed E-state index contributed by atoms with van der Waals surface area (Å²) in [7, 11) is 1.71. The molecule has 22 heavy (non-hydrogen) atoms. The minimum atomic E-state index is -0.0799. The van der Waals surface area contributed by atoms with Gasteiger partial charge in [0.1, 0.15) is 6.23 Å². The molecule has 0 aliphatic carbocycles. The Hall–Kier alpha value is -0.620. The van der Waals surface area contributed by atoms with E-state index in [4.69, 9.17) is 21.4 Å². The summed E-state index contributed by atoms with van der Waals surface area (Å²) in [5.41, 5.74) is 1.98. The van der Waals surface area contributed by atoms with E-state index in [-0.39, 0.29) is 12.8 Å². The van der Waals surface area contributed by atoms with Gasteiger partial charge in [-0.3, -0.25) is 0 Å². The molecule has 122 valence electrons. The lowest BCUT2D eigenvalue weighted by molar-refractivity contribution is 0.0288. The molecule has 1 N–H and O–H groups in total. The van der Waals surface area contributed by atoms with Gasteiger partial charge in [-0.25, -0.2) is 4.68 Å². The van der Waals surface area contributed by atoms with Crippen molar-refractivity contribution < 1.29 is 9.84 Å². The van der Waals surface area contributed by atoms with E-state index in [9.17, 15) is 0 Å². The SMILES string of the molecule is CCCCC(OC)n1ncc2c(Br)c(CCCO)c(Cl)cc21. The lowest BCUT2D eigenvalue weighted by atomic mass is 10.1. The molecule has 0 aliphatic heterocycles. The Bertz CT molecular complexity index is 630. The Morgan fingerprint density at radius 1 is 1.45 bits per heavy atom. The predicted molar refractivity (Wildman–Crippen MR) is 93.4 cm³/mol. The van der Waals surface area contributed by atoms with Crippen molar-refractivity contribution in [2.24, 2.45) is 0 Å². The van der Waals surface area contributed by atoms with Crippen LogP contribution in [0.5, 0.6) is 0 Å². The van der Waals surface area contributed by atoms with Crippen LogP contribution in [0.3, 0.4) is 0 Å². The van der Waals surface area contributed by atoms with Crippen molar-refractivity contribution in [1.82, 2.24) is 9.78 Å². The van der Waals surface area contributed by atoms with Gasteiger partial charge >= 0.3 is 0 Å². The Morgan fingerprint density at radius 2 is 2.23 bits per heavy atom. The summed E-state index contributed by atoms with van der Waals surface area (Å²) >= 11 is 10.1. The zero-order valence-electron chi connectivity index (χ0n) is 13.0. The standard InChI is InChI=1S/C16H22BrClN2O2/c1-3-4-7-15(22-2)20-14-9-13(18)11(6-5-8-21)16(17)12(14)10-19-20/h9-10,15,21H,3-8H2,1-2H3. The highest BCUT2D eigenvalue weighted by atomic mass is 79.9.